The Balaban J connectivity index is 1.62. The van der Waals surface area contributed by atoms with Gasteiger partial charge in [-0.1, -0.05) is 12.1 Å². The Bertz CT molecular complexity index is 333. The van der Waals surface area contributed by atoms with Crippen LogP contribution in [0.15, 0.2) is 24.3 Å². The summed E-state index contributed by atoms with van der Waals surface area (Å²) in [5, 5.41) is 3.29. The van der Waals surface area contributed by atoms with E-state index in [9.17, 15) is 0 Å². The molecule has 1 aliphatic heterocycles. The Labute approximate surface area is 108 Å². The summed E-state index contributed by atoms with van der Waals surface area (Å²) >= 11 is 0. The van der Waals surface area contributed by atoms with E-state index in [1.165, 1.54) is 5.56 Å². The number of methoxy groups -OCH3 is 1. The highest BCUT2D eigenvalue weighted by molar-refractivity contribution is 5.27. The summed E-state index contributed by atoms with van der Waals surface area (Å²) < 4.78 is 16.3. The molecule has 1 atom stereocenters. The quantitative estimate of drug-likeness (QED) is 0.772. The molecular formula is C14H21NO3. The minimum atomic E-state index is 0.203. The minimum absolute atomic E-state index is 0.203. The Morgan fingerprint density at radius 2 is 2.17 bits per heavy atom. The van der Waals surface area contributed by atoms with E-state index >= 15 is 0 Å². The molecule has 0 bridgehead atoms. The summed E-state index contributed by atoms with van der Waals surface area (Å²) in [6.45, 7) is 4.02. The Kier molecular flexibility index (Phi) is 5.45. The van der Waals surface area contributed by atoms with E-state index in [0.29, 0.717) is 6.61 Å². The maximum absolute atomic E-state index is 5.64. The highest BCUT2D eigenvalue weighted by Crippen LogP contribution is 2.11. The molecule has 2 rings (SSSR count). The van der Waals surface area contributed by atoms with Crippen molar-refractivity contribution in [2.45, 2.75) is 12.5 Å². The molecule has 0 aliphatic carbocycles. The van der Waals surface area contributed by atoms with Crippen LogP contribution in [-0.2, 0) is 15.9 Å². The summed E-state index contributed by atoms with van der Waals surface area (Å²) in [4.78, 5) is 0. The van der Waals surface area contributed by atoms with Crippen molar-refractivity contribution >= 4 is 0 Å². The summed E-state index contributed by atoms with van der Waals surface area (Å²) in [6, 6.07) is 8.09. The average molecular weight is 251 g/mol. The van der Waals surface area contributed by atoms with E-state index in [-0.39, 0.29) is 6.10 Å². The molecule has 1 aliphatic rings. The Hall–Kier alpha value is -1.10. The lowest BCUT2D eigenvalue weighted by Crippen LogP contribution is -2.41. The molecule has 0 spiro atoms. The van der Waals surface area contributed by atoms with Gasteiger partial charge in [-0.2, -0.15) is 0 Å². The zero-order valence-electron chi connectivity index (χ0n) is 10.9. The molecule has 0 saturated carbocycles. The molecule has 1 aromatic carbocycles. The van der Waals surface area contributed by atoms with Gasteiger partial charge in [0, 0.05) is 13.1 Å². The van der Waals surface area contributed by atoms with Gasteiger partial charge in [0.2, 0.25) is 0 Å². The fourth-order valence-electron chi connectivity index (χ4n) is 1.92. The molecule has 1 heterocycles. The lowest BCUT2D eigenvalue weighted by molar-refractivity contribution is -0.0307. The van der Waals surface area contributed by atoms with Crippen molar-refractivity contribution in [3.8, 4) is 5.75 Å². The van der Waals surface area contributed by atoms with Gasteiger partial charge >= 0.3 is 0 Å². The van der Waals surface area contributed by atoms with Crippen LogP contribution in [0, 0.1) is 0 Å². The molecule has 1 fully saturated rings. The zero-order valence-corrected chi connectivity index (χ0v) is 10.9. The fraction of sp³-hybridized carbons (Fsp3) is 0.571. The van der Waals surface area contributed by atoms with Crippen LogP contribution in [-0.4, -0.2) is 46.1 Å². The number of rotatable bonds is 6. The van der Waals surface area contributed by atoms with Crippen molar-refractivity contribution in [2.75, 3.05) is 40.0 Å². The largest absolute Gasteiger partial charge is 0.497 e. The SMILES string of the molecule is COc1ccc(CCOCC2CNCCO2)cc1. The van der Waals surface area contributed by atoms with Crippen molar-refractivity contribution in [3.63, 3.8) is 0 Å². The van der Waals surface area contributed by atoms with Crippen molar-refractivity contribution in [1.82, 2.24) is 5.32 Å². The third-order valence-corrected chi connectivity index (χ3v) is 3.00. The second-order valence-electron chi connectivity index (χ2n) is 4.37. The fourth-order valence-corrected chi connectivity index (χ4v) is 1.92. The third-order valence-electron chi connectivity index (χ3n) is 3.00. The van der Waals surface area contributed by atoms with Crippen molar-refractivity contribution in [1.29, 1.82) is 0 Å². The van der Waals surface area contributed by atoms with Crippen LogP contribution in [0.2, 0.25) is 0 Å². The molecule has 1 N–H and O–H groups in total. The molecule has 1 aromatic rings. The van der Waals surface area contributed by atoms with Crippen molar-refractivity contribution < 1.29 is 14.2 Å². The first-order valence-corrected chi connectivity index (χ1v) is 6.41. The lowest BCUT2D eigenvalue weighted by Gasteiger charge is -2.23. The van der Waals surface area contributed by atoms with E-state index in [4.69, 9.17) is 14.2 Å². The summed E-state index contributed by atoms with van der Waals surface area (Å²) in [6.07, 6.45) is 1.12. The molecule has 1 unspecified atom stereocenters. The van der Waals surface area contributed by atoms with Crippen molar-refractivity contribution in [3.05, 3.63) is 29.8 Å². The number of morpholine rings is 1. The number of hydrogen-bond acceptors (Lipinski definition) is 4. The average Bonchev–Trinajstić information content (AvgIpc) is 2.45. The predicted octanol–water partition coefficient (Wildman–Crippen LogP) is 1.24. The van der Waals surface area contributed by atoms with Crippen LogP contribution < -0.4 is 10.1 Å². The van der Waals surface area contributed by atoms with Gasteiger partial charge in [0.05, 0.1) is 33.0 Å². The van der Waals surface area contributed by atoms with Crippen molar-refractivity contribution in [2.24, 2.45) is 0 Å². The summed E-state index contributed by atoms with van der Waals surface area (Å²) in [5.41, 5.74) is 1.26. The van der Waals surface area contributed by atoms with E-state index in [1.807, 2.05) is 12.1 Å². The van der Waals surface area contributed by atoms with Gasteiger partial charge < -0.3 is 19.5 Å². The summed E-state index contributed by atoms with van der Waals surface area (Å²) in [7, 11) is 1.68. The van der Waals surface area contributed by atoms with Gasteiger partial charge in [0.25, 0.3) is 0 Å². The monoisotopic (exact) mass is 251 g/mol. The van der Waals surface area contributed by atoms with Gasteiger partial charge in [0.15, 0.2) is 0 Å². The molecule has 18 heavy (non-hydrogen) atoms. The predicted molar refractivity (Wildman–Crippen MR) is 70.1 cm³/mol. The highest BCUT2D eigenvalue weighted by Gasteiger charge is 2.12. The molecule has 0 radical (unpaired) electrons. The van der Waals surface area contributed by atoms with E-state index in [2.05, 4.69) is 17.4 Å². The smallest absolute Gasteiger partial charge is 0.118 e. The highest BCUT2D eigenvalue weighted by atomic mass is 16.5. The Morgan fingerprint density at radius 1 is 1.33 bits per heavy atom. The molecule has 4 heteroatoms. The van der Waals surface area contributed by atoms with E-state index in [0.717, 1.165) is 38.5 Å². The maximum Gasteiger partial charge on any atom is 0.118 e. The standard InChI is InChI=1S/C14H21NO3/c1-16-13-4-2-12(3-5-13)6-8-17-11-14-10-15-7-9-18-14/h2-5,14-15H,6-11H2,1H3. The molecule has 1 saturated heterocycles. The zero-order chi connectivity index (χ0) is 12.6. The topological polar surface area (TPSA) is 39.7 Å². The normalized spacial score (nSPS) is 19.7. The maximum atomic E-state index is 5.64. The first-order chi connectivity index (χ1) is 8.88. The van der Waals surface area contributed by atoms with Crippen LogP contribution >= 0.6 is 0 Å². The van der Waals surface area contributed by atoms with Gasteiger partial charge in [-0.25, -0.2) is 0 Å². The Morgan fingerprint density at radius 3 is 2.83 bits per heavy atom. The van der Waals surface area contributed by atoms with Crippen LogP contribution in [0.1, 0.15) is 5.56 Å². The van der Waals surface area contributed by atoms with Gasteiger partial charge in [0.1, 0.15) is 5.75 Å². The van der Waals surface area contributed by atoms with Crippen LogP contribution in [0.5, 0.6) is 5.75 Å². The van der Waals surface area contributed by atoms with Gasteiger partial charge in [-0.15, -0.1) is 0 Å². The van der Waals surface area contributed by atoms with Crippen LogP contribution in [0.3, 0.4) is 0 Å². The number of ether oxygens (including phenoxy) is 3. The second-order valence-corrected chi connectivity index (χ2v) is 4.37. The van der Waals surface area contributed by atoms with E-state index < -0.39 is 0 Å². The minimum Gasteiger partial charge on any atom is -0.497 e. The molecule has 4 nitrogen and oxygen atoms in total. The van der Waals surface area contributed by atoms with Gasteiger partial charge in [-0.3, -0.25) is 0 Å². The third kappa shape index (κ3) is 4.29. The number of hydrogen-bond donors (Lipinski definition) is 1. The molecular weight excluding hydrogens is 230 g/mol. The van der Waals surface area contributed by atoms with Gasteiger partial charge in [-0.05, 0) is 24.1 Å². The summed E-state index contributed by atoms with van der Waals surface area (Å²) in [5.74, 6) is 0.890. The first-order valence-electron chi connectivity index (χ1n) is 6.41. The molecule has 100 valence electrons. The molecule has 0 amide bonds. The first kappa shape index (κ1) is 13.3. The molecule has 0 aromatic heterocycles. The van der Waals surface area contributed by atoms with E-state index in [1.54, 1.807) is 7.11 Å². The second kappa shape index (κ2) is 7.36. The van der Waals surface area contributed by atoms with Crippen LogP contribution in [0.25, 0.3) is 0 Å². The number of benzene rings is 1. The lowest BCUT2D eigenvalue weighted by atomic mass is 10.1. The van der Waals surface area contributed by atoms with Crippen LogP contribution in [0.4, 0.5) is 0 Å². The number of nitrogens with one attached hydrogen (secondary N) is 1.